The lowest BCUT2D eigenvalue weighted by atomic mass is 10.2. The van der Waals surface area contributed by atoms with Gasteiger partial charge in [-0.2, -0.15) is 5.10 Å². The van der Waals surface area contributed by atoms with Crippen LogP contribution in [-0.4, -0.2) is 18.2 Å². The second-order valence-electron chi connectivity index (χ2n) is 4.52. The minimum Gasteiger partial charge on any atom is -0.279 e. The summed E-state index contributed by atoms with van der Waals surface area (Å²) in [6, 6.07) is 12.4. The molecule has 3 aromatic rings. The molecule has 0 aliphatic heterocycles. The Morgan fingerprint density at radius 2 is 2.00 bits per heavy atom. The Bertz CT molecular complexity index is 873. The number of para-hydroxylation sites is 1. The number of nitrogens with zero attached hydrogens (tertiary/aromatic N) is 2. The van der Waals surface area contributed by atoms with Crippen molar-refractivity contribution in [2.75, 3.05) is 4.72 Å². The third-order valence-electron chi connectivity index (χ3n) is 2.97. The molecule has 3 rings (SSSR count). The van der Waals surface area contributed by atoms with Crippen LogP contribution < -0.4 is 4.72 Å². The van der Waals surface area contributed by atoms with Crippen LogP contribution in [0.15, 0.2) is 62.9 Å². The standard InChI is InChI=1S/C14H12BrN3O2S2/c15-13-6-7-14(21-13)22(19,20)17-12-5-2-1-4-11(12)10-18-9-3-8-16-18/h1-9,17H,10H2. The van der Waals surface area contributed by atoms with Crippen LogP contribution in [0.5, 0.6) is 0 Å². The maximum absolute atomic E-state index is 12.4. The molecule has 0 aliphatic rings. The first-order chi connectivity index (χ1) is 10.5. The molecule has 114 valence electrons. The van der Waals surface area contributed by atoms with Gasteiger partial charge in [0.15, 0.2) is 0 Å². The number of hydrogen-bond donors (Lipinski definition) is 1. The van der Waals surface area contributed by atoms with Crippen LogP contribution in [0.3, 0.4) is 0 Å². The van der Waals surface area contributed by atoms with Crippen molar-refractivity contribution in [3.05, 3.63) is 64.2 Å². The second kappa shape index (κ2) is 6.23. The minimum atomic E-state index is -3.59. The molecule has 0 saturated carbocycles. The van der Waals surface area contributed by atoms with E-state index in [-0.39, 0.29) is 4.21 Å². The number of nitrogens with one attached hydrogen (secondary N) is 1. The molecule has 1 aromatic carbocycles. The molecule has 0 spiro atoms. The maximum Gasteiger partial charge on any atom is 0.271 e. The number of hydrogen-bond acceptors (Lipinski definition) is 4. The molecule has 0 fully saturated rings. The zero-order valence-corrected chi connectivity index (χ0v) is 14.5. The van der Waals surface area contributed by atoms with Crippen LogP contribution in [0, 0.1) is 0 Å². The molecule has 0 amide bonds. The quantitative estimate of drug-likeness (QED) is 0.715. The van der Waals surface area contributed by atoms with Gasteiger partial charge in [0.2, 0.25) is 0 Å². The first-order valence-electron chi connectivity index (χ1n) is 6.38. The van der Waals surface area contributed by atoms with E-state index in [0.29, 0.717) is 12.2 Å². The SMILES string of the molecule is O=S(=O)(Nc1ccccc1Cn1cccn1)c1ccc(Br)s1. The Labute approximate surface area is 140 Å². The maximum atomic E-state index is 12.4. The van der Waals surface area contributed by atoms with E-state index in [0.717, 1.165) is 9.35 Å². The Balaban J connectivity index is 1.89. The van der Waals surface area contributed by atoms with Gasteiger partial charge in [0, 0.05) is 12.4 Å². The lowest BCUT2D eigenvalue weighted by molar-refractivity contribution is 0.603. The predicted molar refractivity (Wildman–Crippen MR) is 90.6 cm³/mol. The fraction of sp³-hybridized carbons (Fsp3) is 0.0714. The van der Waals surface area contributed by atoms with Crippen molar-refractivity contribution in [1.29, 1.82) is 0 Å². The molecular formula is C14H12BrN3O2S2. The number of anilines is 1. The van der Waals surface area contributed by atoms with E-state index in [1.807, 2.05) is 24.4 Å². The van der Waals surface area contributed by atoms with Gasteiger partial charge in [-0.3, -0.25) is 9.40 Å². The Morgan fingerprint density at radius 1 is 1.18 bits per heavy atom. The third-order valence-corrected chi connectivity index (χ3v) is 6.45. The predicted octanol–water partition coefficient (Wildman–Crippen LogP) is 3.56. The number of thiophene rings is 1. The molecule has 0 saturated heterocycles. The van der Waals surface area contributed by atoms with Crippen LogP contribution in [0.25, 0.3) is 0 Å². The van der Waals surface area contributed by atoms with E-state index in [1.165, 1.54) is 11.3 Å². The van der Waals surface area contributed by atoms with E-state index >= 15 is 0 Å². The highest BCUT2D eigenvalue weighted by molar-refractivity contribution is 9.11. The first kappa shape index (κ1) is 15.3. The van der Waals surface area contributed by atoms with Crippen LogP contribution >= 0.6 is 27.3 Å². The molecule has 0 atom stereocenters. The number of benzene rings is 1. The van der Waals surface area contributed by atoms with Crippen LogP contribution in [0.1, 0.15) is 5.56 Å². The van der Waals surface area contributed by atoms with Crippen LogP contribution in [0.2, 0.25) is 0 Å². The van der Waals surface area contributed by atoms with Crippen molar-refractivity contribution in [2.24, 2.45) is 0 Å². The molecule has 8 heteroatoms. The molecule has 0 radical (unpaired) electrons. The van der Waals surface area contributed by atoms with Gasteiger partial charge in [0.05, 0.1) is 16.0 Å². The van der Waals surface area contributed by atoms with Crippen molar-refractivity contribution < 1.29 is 8.42 Å². The summed E-state index contributed by atoms with van der Waals surface area (Å²) < 4.78 is 30.3. The summed E-state index contributed by atoms with van der Waals surface area (Å²) >= 11 is 4.45. The number of rotatable bonds is 5. The fourth-order valence-electron chi connectivity index (χ4n) is 1.96. The summed E-state index contributed by atoms with van der Waals surface area (Å²) in [6.45, 7) is 0.500. The van der Waals surface area contributed by atoms with E-state index < -0.39 is 10.0 Å². The molecule has 22 heavy (non-hydrogen) atoms. The highest BCUT2D eigenvalue weighted by Gasteiger charge is 2.18. The van der Waals surface area contributed by atoms with Crippen molar-refractivity contribution >= 4 is 43.0 Å². The van der Waals surface area contributed by atoms with Gasteiger partial charge in [0.25, 0.3) is 10.0 Å². The van der Waals surface area contributed by atoms with E-state index in [9.17, 15) is 8.42 Å². The molecule has 1 N–H and O–H groups in total. The fourth-order valence-corrected chi connectivity index (χ4v) is 5.07. The van der Waals surface area contributed by atoms with Crippen molar-refractivity contribution in [2.45, 2.75) is 10.8 Å². The lowest BCUT2D eigenvalue weighted by Crippen LogP contribution is -2.14. The normalized spacial score (nSPS) is 11.5. The smallest absolute Gasteiger partial charge is 0.271 e. The van der Waals surface area contributed by atoms with Gasteiger partial charge >= 0.3 is 0 Å². The molecule has 2 aromatic heterocycles. The molecule has 0 bridgehead atoms. The number of halogens is 1. The first-order valence-corrected chi connectivity index (χ1v) is 9.47. The van der Waals surface area contributed by atoms with E-state index in [2.05, 4.69) is 25.8 Å². The second-order valence-corrected chi connectivity index (χ2v) is 8.90. The third kappa shape index (κ3) is 3.40. The topological polar surface area (TPSA) is 64.0 Å². The zero-order chi connectivity index (χ0) is 15.6. The van der Waals surface area contributed by atoms with E-state index in [4.69, 9.17) is 0 Å². The Kier molecular flexibility index (Phi) is 4.32. The van der Waals surface area contributed by atoms with E-state index in [1.54, 1.807) is 35.1 Å². The summed E-state index contributed by atoms with van der Waals surface area (Å²) in [4.78, 5) is 0. The molecular weight excluding hydrogens is 386 g/mol. The van der Waals surface area contributed by atoms with Crippen molar-refractivity contribution in [3.63, 3.8) is 0 Å². The molecule has 5 nitrogen and oxygen atoms in total. The van der Waals surface area contributed by atoms with Gasteiger partial charge in [-0.25, -0.2) is 8.42 Å². The monoisotopic (exact) mass is 397 g/mol. The molecule has 0 aliphatic carbocycles. The summed E-state index contributed by atoms with van der Waals surface area (Å²) in [7, 11) is -3.59. The number of sulfonamides is 1. The molecule has 2 heterocycles. The van der Waals surface area contributed by atoms with Crippen LogP contribution in [-0.2, 0) is 16.6 Å². The lowest BCUT2D eigenvalue weighted by Gasteiger charge is -2.11. The summed E-state index contributed by atoms with van der Waals surface area (Å²) in [5.74, 6) is 0. The Morgan fingerprint density at radius 3 is 2.68 bits per heavy atom. The van der Waals surface area contributed by atoms with Gasteiger partial charge < -0.3 is 0 Å². The largest absolute Gasteiger partial charge is 0.279 e. The minimum absolute atomic E-state index is 0.272. The summed E-state index contributed by atoms with van der Waals surface area (Å²) in [5.41, 5.74) is 1.41. The summed E-state index contributed by atoms with van der Waals surface area (Å²) in [5, 5.41) is 4.15. The van der Waals surface area contributed by atoms with Gasteiger partial charge in [-0.1, -0.05) is 18.2 Å². The van der Waals surface area contributed by atoms with Gasteiger partial charge in [-0.05, 0) is 45.8 Å². The van der Waals surface area contributed by atoms with Crippen LogP contribution in [0.4, 0.5) is 5.69 Å². The average Bonchev–Trinajstić information content (AvgIpc) is 3.12. The highest BCUT2D eigenvalue weighted by Crippen LogP contribution is 2.28. The van der Waals surface area contributed by atoms with Crippen molar-refractivity contribution in [1.82, 2.24) is 9.78 Å². The average molecular weight is 398 g/mol. The Hall–Kier alpha value is -1.64. The summed E-state index contributed by atoms with van der Waals surface area (Å²) in [6.07, 6.45) is 3.53. The highest BCUT2D eigenvalue weighted by atomic mass is 79.9. The van der Waals surface area contributed by atoms with Gasteiger partial charge in [0.1, 0.15) is 4.21 Å². The van der Waals surface area contributed by atoms with Crippen molar-refractivity contribution in [3.8, 4) is 0 Å². The van der Waals surface area contributed by atoms with Gasteiger partial charge in [-0.15, -0.1) is 11.3 Å². The molecule has 0 unspecified atom stereocenters. The zero-order valence-electron chi connectivity index (χ0n) is 11.3. The number of aromatic nitrogens is 2.